The first-order valence-electron chi connectivity index (χ1n) is 6.96. The molecule has 2 rings (SSSR count). The lowest BCUT2D eigenvalue weighted by Crippen LogP contribution is -2.26. The van der Waals surface area contributed by atoms with Gasteiger partial charge in [-0.2, -0.15) is 10.5 Å². The van der Waals surface area contributed by atoms with Crippen molar-refractivity contribution >= 4 is 5.69 Å². The van der Waals surface area contributed by atoms with Gasteiger partial charge in [0.05, 0.1) is 23.1 Å². The second-order valence-electron chi connectivity index (χ2n) is 4.93. The molecule has 0 aliphatic rings. The molecule has 23 heavy (non-hydrogen) atoms. The minimum atomic E-state index is -0.889. The maximum Gasteiger partial charge on any atom is 0.269 e. The van der Waals surface area contributed by atoms with E-state index < -0.39 is 16.9 Å². The summed E-state index contributed by atoms with van der Waals surface area (Å²) in [7, 11) is 0. The SMILES string of the molecule is N#CC(C#N)C(NCc1ccccc1)c1ccc([N+](=O)[O-])cc1. The van der Waals surface area contributed by atoms with Gasteiger partial charge in [0.1, 0.15) is 0 Å². The van der Waals surface area contributed by atoms with Crippen LogP contribution >= 0.6 is 0 Å². The average molecular weight is 306 g/mol. The number of nitro benzene ring substituents is 1. The first-order valence-corrected chi connectivity index (χ1v) is 6.96. The number of nitrogens with zero attached hydrogens (tertiary/aromatic N) is 3. The van der Waals surface area contributed by atoms with Crippen molar-refractivity contribution in [3.05, 3.63) is 75.8 Å². The zero-order valence-electron chi connectivity index (χ0n) is 12.2. The molecule has 2 aromatic carbocycles. The zero-order valence-corrected chi connectivity index (χ0v) is 12.2. The number of hydrogen-bond acceptors (Lipinski definition) is 5. The molecule has 1 atom stereocenters. The molecule has 0 aliphatic heterocycles. The fourth-order valence-electron chi connectivity index (χ4n) is 2.23. The van der Waals surface area contributed by atoms with E-state index in [1.165, 1.54) is 12.1 Å². The molecule has 6 heteroatoms. The molecule has 0 aliphatic carbocycles. The van der Waals surface area contributed by atoms with Gasteiger partial charge in [0.25, 0.3) is 5.69 Å². The second-order valence-corrected chi connectivity index (χ2v) is 4.93. The molecule has 0 saturated heterocycles. The number of benzene rings is 2. The average Bonchev–Trinajstić information content (AvgIpc) is 2.59. The summed E-state index contributed by atoms with van der Waals surface area (Å²) >= 11 is 0. The maximum absolute atomic E-state index is 10.7. The first kappa shape index (κ1) is 16.2. The molecule has 0 radical (unpaired) electrons. The number of nitro groups is 1. The summed E-state index contributed by atoms with van der Waals surface area (Å²) in [5, 5.41) is 32.3. The third-order valence-corrected chi connectivity index (χ3v) is 3.44. The highest BCUT2D eigenvalue weighted by molar-refractivity contribution is 5.35. The Balaban J connectivity index is 2.22. The fraction of sp³-hybridized carbons (Fsp3) is 0.176. The Morgan fingerprint density at radius 3 is 2.17 bits per heavy atom. The summed E-state index contributed by atoms with van der Waals surface area (Å²) in [5.74, 6) is -0.889. The number of nitriles is 2. The summed E-state index contributed by atoms with van der Waals surface area (Å²) in [6, 6.07) is 18.9. The lowest BCUT2D eigenvalue weighted by atomic mass is 9.94. The highest BCUT2D eigenvalue weighted by atomic mass is 16.6. The summed E-state index contributed by atoms with van der Waals surface area (Å²) in [6.07, 6.45) is 0. The van der Waals surface area contributed by atoms with E-state index in [9.17, 15) is 20.6 Å². The van der Waals surface area contributed by atoms with Gasteiger partial charge in [-0.05, 0) is 11.1 Å². The Morgan fingerprint density at radius 2 is 1.65 bits per heavy atom. The van der Waals surface area contributed by atoms with Crippen molar-refractivity contribution in [2.45, 2.75) is 12.6 Å². The van der Waals surface area contributed by atoms with Crippen LogP contribution in [0.1, 0.15) is 17.2 Å². The van der Waals surface area contributed by atoms with E-state index in [1.54, 1.807) is 12.1 Å². The van der Waals surface area contributed by atoms with Gasteiger partial charge in [-0.25, -0.2) is 0 Å². The smallest absolute Gasteiger partial charge is 0.269 e. The van der Waals surface area contributed by atoms with Gasteiger partial charge in [0, 0.05) is 18.7 Å². The topological polar surface area (TPSA) is 103 Å². The Kier molecular flexibility index (Phi) is 5.40. The van der Waals surface area contributed by atoms with E-state index in [-0.39, 0.29) is 5.69 Å². The maximum atomic E-state index is 10.7. The molecule has 2 aromatic rings. The summed E-state index contributed by atoms with van der Waals surface area (Å²) in [5.41, 5.74) is 1.66. The third-order valence-electron chi connectivity index (χ3n) is 3.44. The van der Waals surface area contributed by atoms with E-state index >= 15 is 0 Å². The van der Waals surface area contributed by atoms with Gasteiger partial charge in [0.15, 0.2) is 5.92 Å². The van der Waals surface area contributed by atoms with E-state index in [1.807, 2.05) is 42.5 Å². The number of rotatable bonds is 6. The van der Waals surface area contributed by atoms with Crippen molar-refractivity contribution in [1.82, 2.24) is 5.32 Å². The van der Waals surface area contributed by atoms with Crippen LogP contribution < -0.4 is 5.32 Å². The Hall–Kier alpha value is -3.22. The molecular weight excluding hydrogens is 292 g/mol. The molecule has 0 fully saturated rings. The summed E-state index contributed by atoms with van der Waals surface area (Å²) < 4.78 is 0. The fourth-order valence-corrected chi connectivity index (χ4v) is 2.23. The largest absolute Gasteiger partial charge is 0.304 e. The molecule has 0 saturated carbocycles. The van der Waals surface area contributed by atoms with Gasteiger partial charge >= 0.3 is 0 Å². The minimum Gasteiger partial charge on any atom is -0.304 e. The van der Waals surface area contributed by atoms with Gasteiger partial charge in [0.2, 0.25) is 0 Å². The minimum absolute atomic E-state index is 0.0268. The van der Waals surface area contributed by atoms with Crippen molar-refractivity contribution < 1.29 is 4.92 Å². The van der Waals surface area contributed by atoms with Crippen LogP contribution in [0.25, 0.3) is 0 Å². The van der Waals surface area contributed by atoms with Gasteiger partial charge < -0.3 is 5.32 Å². The predicted molar refractivity (Wildman–Crippen MR) is 83.8 cm³/mol. The van der Waals surface area contributed by atoms with Gasteiger partial charge in [-0.1, -0.05) is 42.5 Å². The first-order chi connectivity index (χ1) is 11.2. The molecule has 114 valence electrons. The molecule has 0 bridgehead atoms. The molecule has 1 N–H and O–H groups in total. The van der Waals surface area contributed by atoms with Crippen LogP contribution in [0.4, 0.5) is 5.69 Å². The molecule has 6 nitrogen and oxygen atoms in total. The summed E-state index contributed by atoms with van der Waals surface area (Å²) in [4.78, 5) is 10.2. The molecule has 0 heterocycles. The second kappa shape index (κ2) is 7.69. The number of hydrogen-bond donors (Lipinski definition) is 1. The highest BCUT2D eigenvalue weighted by Crippen LogP contribution is 2.24. The lowest BCUT2D eigenvalue weighted by molar-refractivity contribution is -0.384. The normalized spacial score (nSPS) is 11.4. The van der Waals surface area contributed by atoms with Gasteiger partial charge in [-0.3, -0.25) is 10.1 Å². The monoisotopic (exact) mass is 306 g/mol. The van der Waals surface area contributed by atoms with Crippen molar-refractivity contribution in [2.75, 3.05) is 0 Å². The van der Waals surface area contributed by atoms with Gasteiger partial charge in [-0.15, -0.1) is 0 Å². The quantitative estimate of drug-likeness (QED) is 0.652. The van der Waals surface area contributed by atoms with Crippen molar-refractivity contribution in [2.24, 2.45) is 5.92 Å². The molecule has 0 amide bonds. The molecule has 0 aromatic heterocycles. The third kappa shape index (κ3) is 4.13. The van der Waals surface area contributed by atoms with Crippen molar-refractivity contribution in [1.29, 1.82) is 10.5 Å². The van der Waals surface area contributed by atoms with Crippen LogP contribution in [-0.2, 0) is 6.54 Å². The van der Waals surface area contributed by atoms with Crippen LogP contribution in [0.2, 0.25) is 0 Å². The van der Waals surface area contributed by atoms with Crippen molar-refractivity contribution in [3.8, 4) is 12.1 Å². The number of nitrogens with one attached hydrogen (secondary N) is 1. The molecule has 1 unspecified atom stereocenters. The number of non-ortho nitro benzene ring substituents is 1. The Labute approximate surface area is 133 Å². The van der Waals surface area contributed by atoms with Crippen LogP contribution in [0.3, 0.4) is 0 Å². The Morgan fingerprint density at radius 1 is 1.04 bits per heavy atom. The zero-order chi connectivity index (χ0) is 16.7. The van der Waals surface area contributed by atoms with Crippen LogP contribution in [0, 0.1) is 38.7 Å². The summed E-state index contributed by atoms with van der Waals surface area (Å²) in [6.45, 7) is 0.488. The standard InChI is InChI=1S/C17H14N4O2/c18-10-15(11-19)17(20-12-13-4-2-1-3-5-13)14-6-8-16(9-7-14)21(22)23/h1-9,15,17,20H,12H2. The van der Waals surface area contributed by atoms with Crippen LogP contribution in [-0.4, -0.2) is 4.92 Å². The Bertz CT molecular complexity index is 731. The predicted octanol–water partition coefficient (Wildman–Crippen LogP) is 3.09. The van der Waals surface area contributed by atoms with E-state index in [4.69, 9.17) is 0 Å². The lowest BCUT2D eigenvalue weighted by Gasteiger charge is -2.19. The van der Waals surface area contributed by atoms with Crippen LogP contribution in [0.5, 0.6) is 0 Å². The molecule has 0 spiro atoms. The van der Waals surface area contributed by atoms with E-state index in [0.29, 0.717) is 12.1 Å². The van der Waals surface area contributed by atoms with Crippen molar-refractivity contribution in [3.63, 3.8) is 0 Å². The highest BCUT2D eigenvalue weighted by Gasteiger charge is 2.23. The van der Waals surface area contributed by atoms with Crippen LogP contribution in [0.15, 0.2) is 54.6 Å². The van der Waals surface area contributed by atoms with E-state index in [0.717, 1.165) is 5.56 Å². The van der Waals surface area contributed by atoms with E-state index in [2.05, 4.69) is 5.32 Å². The molecular formula is C17H14N4O2.